The minimum Gasteiger partial charge on any atom is -0.497 e. The molecule has 1 atom stereocenters. The van der Waals surface area contributed by atoms with Crippen molar-refractivity contribution in [3.63, 3.8) is 0 Å². The second kappa shape index (κ2) is 8.78. The maximum absolute atomic E-state index is 13.7. The Morgan fingerprint density at radius 1 is 0.811 bits per heavy atom. The smallest absolute Gasteiger partial charge is 0.331 e. The Labute approximate surface area is 213 Å². The number of hydrogen-bond acceptors (Lipinski definition) is 4. The Hall–Kier alpha value is -4.65. The second-order valence-electron chi connectivity index (χ2n) is 9.28. The summed E-state index contributed by atoms with van der Waals surface area (Å²) in [5.74, 6) is 0.607. The van der Waals surface area contributed by atoms with E-state index >= 15 is 0 Å². The first-order valence-corrected chi connectivity index (χ1v) is 12.2. The summed E-state index contributed by atoms with van der Waals surface area (Å²) in [5, 5.41) is 5.60. The molecule has 0 saturated carbocycles. The molecule has 7 heteroatoms. The fourth-order valence-corrected chi connectivity index (χ4v) is 5.33. The maximum atomic E-state index is 13.7. The van der Waals surface area contributed by atoms with Crippen LogP contribution in [0.2, 0.25) is 0 Å². The van der Waals surface area contributed by atoms with E-state index in [0.717, 1.165) is 33.8 Å². The molecule has 184 valence electrons. The van der Waals surface area contributed by atoms with Gasteiger partial charge >= 0.3 is 5.69 Å². The Morgan fingerprint density at radius 2 is 1.46 bits per heavy atom. The molecule has 1 unspecified atom stereocenters. The number of nitrogens with zero attached hydrogens (tertiary/aromatic N) is 4. The van der Waals surface area contributed by atoms with Crippen LogP contribution in [-0.2, 0) is 14.1 Å². The van der Waals surface area contributed by atoms with Crippen LogP contribution in [0.1, 0.15) is 29.2 Å². The number of hydrogen-bond donors (Lipinski definition) is 0. The molecule has 7 nitrogen and oxygen atoms in total. The molecule has 3 heterocycles. The summed E-state index contributed by atoms with van der Waals surface area (Å²) in [4.78, 5) is 26.8. The summed E-state index contributed by atoms with van der Waals surface area (Å²) in [5.41, 5.74) is 5.27. The van der Waals surface area contributed by atoms with Gasteiger partial charge in [-0.2, -0.15) is 5.10 Å². The predicted octanol–water partition coefficient (Wildman–Crippen LogP) is 4.50. The number of fused-ring (bicyclic) bond motifs is 3. The van der Waals surface area contributed by atoms with E-state index in [2.05, 4.69) is 24.3 Å². The lowest BCUT2D eigenvalue weighted by atomic mass is 9.87. The van der Waals surface area contributed by atoms with Gasteiger partial charge in [0.15, 0.2) is 0 Å². The fourth-order valence-electron chi connectivity index (χ4n) is 5.33. The molecule has 3 aromatic carbocycles. The first kappa shape index (κ1) is 22.8. The molecule has 0 radical (unpaired) electrons. The van der Waals surface area contributed by atoms with Gasteiger partial charge in [-0.05, 0) is 35.4 Å². The summed E-state index contributed by atoms with van der Waals surface area (Å²) < 4.78 is 10.00. The van der Waals surface area contributed by atoms with E-state index in [-0.39, 0.29) is 17.2 Å². The van der Waals surface area contributed by atoms with Gasteiger partial charge in [-0.1, -0.05) is 60.7 Å². The number of aromatic nitrogens is 3. The average Bonchev–Trinajstić information content (AvgIpc) is 3.30. The lowest BCUT2D eigenvalue weighted by molar-refractivity contribution is 0.415. The molecule has 6 rings (SSSR count). The van der Waals surface area contributed by atoms with Gasteiger partial charge in [-0.15, -0.1) is 0 Å². The van der Waals surface area contributed by atoms with E-state index in [1.54, 1.807) is 18.7 Å². The summed E-state index contributed by atoms with van der Waals surface area (Å²) in [6.45, 7) is 0. The van der Waals surface area contributed by atoms with Crippen molar-refractivity contribution < 1.29 is 4.74 Å². The largest absolute Gasteiger partial charge is 0.497 e. The lowest BCUT2D eigenvalue weighted by Gasteiger charge is -2.26. The first-order chi connectivity index (χ1) is 18.0. The highest BCUT2D eigenvalue weighted by Gasteiger charge is 2.34. The van der Waals surface area contributed by atoms with E-state index in [0.29, 0.717) is 23.0 Å². The summed E-state index contributed by atoms with van der Waals surface area (Å²) in [7, 11) is 4.86. The molecule has 0 bridgehead atoms. The Bertz CT molecular complexity index is 1780. The molecule has 0 aliphatic carbocycles. The number of benzene rings is 3. The number of rotatable bonds is 4. The third-order valence-corrected chi connectivity index (χ3v) is 7.20. The van der Waals surface area contributed by atoms with Crippen LogP contribution in [0.15, 0.2) is 99.6 Å². The summed E-state index contributed by atoms with van der Waals surface area (Å²) >= 11 is 0. The number of aryl methyl sites for hydroxylation is 1. The van der Waals surface area contributed by atoms with Crippen molar-refractivity contribution in [2.24, 2.45) is 19.2 Å². The van der Waals surface area contributed by atoms with Crippen LogP contribution < -0.4 is 16.0 Å². The highest BCUT2D eigenvalue weighted by molar-refractivity contribution is 6.04. The third kappa shape index (κ3) is 3.54. The SMILES string of the molecule is COc1ccc(-c2c3c(=O)n(C)c(=O)n(C)c3c3n2N=C(c2ccccc2)CC3c2ccccc2)cc1. The van der Waals surface area contributed by atoms with Gasteiger partial charge in [-0.25, -0.2) is 9.47 Å². The topological polar surface area (TPSA) is 70.5 Å². The Morgan fingerprint density at radius 3 is 2.11 bits per heavy atom. The molecule has 0 N–H and O–H groups in total. The van der Waals surface area contributed by atoms with Gasteiger partial charge < -0.3 is 4.74 Å². The Balaban J connectivity index is 1.79. The van der Waals surface area contributed by atoms with E-state index in [1.807, 2.05) is 65.3 Å². The normalized spacial score (nSPS) is 14.9. The van der Waals surface area contributed by atoms with Crippen LogP contribution in [0, 0.1) is 0 Å². The minimum absolute atomic E-state index is 0.110. The first-order valence-electron chi connectivity index (χ1n) is 12.2. The highest BCUT2D eigenvalue weighted by Crippen LogP contribution is 2.42. The fraction of sp³-hybridized carbons (Fsp3) is 0.167. The molecule has 0 fully saturated rings. The van der Waals surface area contributed by atoms with Gasteiger partial charge in [-0.3, -0.25) is 13.9 Å². The summed E-state index contributed by atoms with van der Waals surface area (Å²) in [6.07, 6.45) is 0.637. The lowest BCUT2D eigenvalue weighted by Crippen LogP contribution is -2.37. The number of methoxy groups -OCH3 is 1. The van der Waals surface area contributed by atoms with Crippen molar-refractivity contribution in [2.75, 3.05) is 7.11 Å². The zero-order valence-corrected chi connectivity index (χ0v) is 20.9. The molecule has 1 aliphatic rings. The van der Waals surface area contributed by atoms with Crippen molar-refractivity contribution in [1.29, 1.82) is 0 Å². The van der Waals surface area contributed by atoms with Crippen molar-refractivity contribution in [2.45, 2.75) is 12.3 Å². The molecule has 37 heavy (non-hydrogen) atoms. The van der Waals surface area contributed by atoms with Gasteiger partial charge in [0.1, 0.15) is 5.75 Å². The molecule has 0 spiro atoms. The van der Waals surface area contributed by atoms with E-state index in [9.17, 15) is 9.59 Å². The van der Waals surface area contributed by atoms with Gasteiger partial charge in [0.2, 0.25) is 0 Å². The van der Waals surface area contributed by atoms with Gasteiger partial charge in [0.05, 0.1) is 35.1 Å². The summed E-state index contributed by atoms with van der Waals surface area (Å²) in [6, 6.07) is 27.9. The van der Waals surface area contributed by atoms with E-state index < -0.39 is 0 Å². The number of ether oxygens (including phenoxy) is 1. The molecule has 5 aromatic rings. The third-order valence-electron chi connectivity index (χ3n) is 7.20. The average molecular weight is 491 g/mol. The molecule has 2 aromatic heterocycles. The maximum Gasteiger partial charge on any atom is 0.331 e. The van der Waals surface area contributed by atoms with Crippen LogP contribution in [0.25, 0.3) is 22.2 Å². The molecule has 0 amide bonds. The van der Waals surface area contributed by atoms with Gasteiger partial charge in [0, 0.05) is 32.0 Å². The minimum atomic E-state index is -0.364. The van der Waals surface area contributed by atoms with Crippen LogP contribution in [0.5, 0.6) is 5.75 Å². The zero-order valence-electron chi connectivity index (χ0n) is 20.9. The molecular weight excluding hydrogens is 464 g/mol. The van der Waals surface area contributed by atoms with Crippen LogP contribution in [0.3, 0.4) is 0 Å². The van der Waals surface area contributed by atoms with Crippen LogP contribution >= 0.6 is 0 Å². The van der Waals surface area contributed by atoms with Crippen molar-refractivity contribution in [3.8, 4) is 17.0 Å². The van der Waals surface area contributed by atoms with Crippen LogP contribution in [-0.4, -0.2) is 26.6 Å². The highest BCUT2D eigenvalue weighted by atomic mass is 16.5. The van der Waals surface area contributed by atoms with E-state index in [1.165, 1.54) is 11.6 Å². The van der Waals surface area contributed by atoms with Gasteiger partial charge in [0.25, 0.3) is 5.56 Å². The quantitative estimate of drug-likeness (QED) is 0.372. The van der Waals surface area contributed by atoms with Crippen molar-refractivity contribution >= 4 is 16.6 Å². The predicted molar refractivity (Wildman–Crippen MR) is 146 cm³/mol. The molecule has 1 aliphatic heterocycles. The zero-order chi connectivity index (χ0) is 25.7. The van der Waals surface area contributed by atoms with Crippen LogP contribution in [0.4, 0.5) is 0 Å². The molecular formula is C30H26N4O3. The molecule has 0 saturated heterocycles. The Kier molecular flexibility index (Phi) is 5.41. The standard InChI is InChI=1S/C30H26N4O3/c1-32-28-25(29(35)33(2)30(32)36)26(21-14-16-22(37-3)17-15-21)34-27(28)23(19-10-6-4-7-11-19)18-24(31-34)20-12-8-5-9-13-20/h4-17,23H,18H2,1-3H3. The monoisotopic (exact) mass is 490 g/mol. The van der Waals surface area contributed by atoms with Crippen molar-refractivity contribution in [3.05, 3.63) is 123 Å². The van der Waals surface area contributed by atoms with E-state index in [4.69, 9.17) is 9.84 Å². The second-order valence-corrected chi connectivity index (χ2v) is 9.28. The van der Waals surface area contributed by atoms with Crippen molar-refractivity contribution in [1.82, 2.24) is 13.8 Å².